The predicted octanol–water partition coefficient (Wildman–Crippen LogP) is 3.29. The molecule has 0 unspecified atom stereocenters. The largest absolute Gasteiger partial charge is 0.294 e. The van der Waals surface area contributed by atoms with Gasteiger partial charge in [0.25, 0.3) is 0 Å². The summed E-state index contributed by atoms with van der Waals surface area (Å²) in [6.07, 6.45) is 4.01. The van der Waals surface area contributed by atoms with Gasteiger partial charge in [-0.1, -0.05) is 36.4 Å². The smallest absolute Gasteiger partial charge is 0.235 e. The number of rotatable bonds is 4. The van der Waals surface area contributed by atoms with Gasteiger partial charge < -0.3 is 0 Å². The van der Waals surface area contributed by atoms with E-state index in [-0.39, 0.29) is 12.3 Å². The second kappa shape index (κ2) is 6.33. The minimum Gasteiger partial charge on any atom is -0.294 e. The number of carbonyl (C=O) groups excluding carboxylic acids is 1. The van der Waals surface area contributed by atoms with Gasteiger partial charge in [0.15, 0.2) is 10.6 Å². The minimum atomic E-state index is -0.150. The van der Waals surface area contributed by atoms with Crippen molar-refractivity contribution in [2.24, 2.45) is 0 Å². The molecule has 0 aliphatic rings. The third-order valence-electron chi connectivity index (χ3n) is 4.26. The Bertz CT molecular complexity index is 1250. The lowest BCUT2D eigenvalue weighted by atomic mass is 10.2. The number of fused-ring (bicyclic) bond motifs is 2. The number of nitrogens with zero attached hydrogens (tertiary/aromatic N) is 5. The number of carbonyl (C=O) groups is 1. The molecule has 5 aromatic rings. The maximum Gasteiger partial charge on any atom is 0.235 e. The number of hydrogen-bond acceptors (Lipinski definition) is 5. The van der Waals surface area contributed by atoms with Crippen molar-refractivity contribution in [1.29, 1.82) is 0 Å². The summed E-state index contributed by atoms with van der Waals surface area (Å²) in [6, 6.07) is 15.6. The van der Waals surface area contributed by atoms with Crippen molar-refractivity contribution in [2.75, 3.05) is 5.32 Å². The molecule has 8 heteroatoms. The highest BCUT2D eigenvalue weighted by atomic mass is 32.1. The number of anilines is 1. The first kappa shape index (κ1) is 15.7. The highest BCUT2D eigenvalue weighted by molar-refractivity contribution is 7.15. The zero-order valence-electron chi connectivity index (χ0n) is 14.1. The third-order valence-corrected chi connectivity index (χ3v) is 5.15. The maximum atomic E-state index is 12.5. The Balaban J connectivity index is 1.39. The van der Waals surface area contributed by atoms with E-state index < -0.39 is 0 Å². The molecular formula is C19H14N6OS. The van der Waals surface area contributed by atoms with Gasteiger partial charge in [0.2, 0.25) is 11.9 Å². The van der Waals surface area contributed by atoms with Gasteiger partial charge in [-0.15, -0.1) is 21.5 Å². The molecular weight excluding hydrogens is 360 g/mol. The van der Waals surface area contributed by atoms with Crippen molar-refractivity contribution >= 4 is 33.8 Å². The fourth-order valence-electron chi connectivity index (χ4n) is 2.96. The summed E-state index contributed by atoms with van der Waals surface area (Å²) in [5.41, 5.74) is 3.52. The van der Waals surface area contributed by atoms with Crippen molar-refractivity contribution in [3.63, 3.8) is 0 Å². The van der Waals surface area contributed by atoms with Crippen molar-refractivity contribution in [2.45, 2.75) is 6.42 Å². The molecule has 7 nitrogen and oxygen atoms in total. The average molecular weight is 374 g/mol. The number of thiazole rings is 1. The Labute approximate surface area is 157 Å². The average Bonchev–Trinajstić information content (AvgIpc) is 3.39. The molecule has 1 aromatic carbocycles. The second-order valence-electron chi connectivity index (χ2n) is 6.05. The van der Waals surface area contributed by atoms with Crippen LogP contribution in [0.3, 0.4) is 0 Å². The molecule has 1 amide bonds. The molecule has 0 radical (unpaired) electrons. The van der Waals surface area contributed by atoms with Gasteiger partial charge >= 0.3 is 0 Å². The summed E-state index contributed by atoms with van der Waals surface area (Å²) in [6.45, 7) is 0. The van der Waals surface area contributed by atoms with Crippen molar-refractivity contribution in [3.05, 3.63) is 72.0 Å². The zero-order chi connectivity index (χ0) is 18.2. The van der Waals surface area contributed by atoms with Gasteiger partial charge in [-0.3, -0.25) is 18.9 Å². The molecule has 27 heavy (non-hydrogen) atoms. The van der Waals surface area contributed by atoms with E-state index in [1.54, 1.807) is 4.40 Å². The van der Waals surface area contributed by atoms with Crippen LogP contribution in [-0.4, -0.2) is 29.9 Å². The summed E-state index contributed by atoms with van der Waals surface area (Å²) in [5.74, 6) is 0.264. The van der Waals surface area contributed by atoms with Gasteiger partial charge in [-0.2, -0.15) is 0 Å². The van der Waals surface area contributed by atoms with Crippen LogP contribution in [0.1, 0.15) is 5.69 Å². The van der Waals surface area contributed by atoms with Gasteiger partial charge in [0, 0.05) is 29.0 Å². The van der Waals surface area contributed by atoms with Crippen LogP contribution in [0.25, 0.3) is 21.9 Å². The number of benzene rings is 1. The zero-order valence-corrected chi connectivity index (χ0v) is 14.9. The summed E-state index contributed by atoms with van der Waals surface area (Å²) in [4.78, 5) is 18.0. The fraction of sp³-hybridized carbons (Fsp3) is 0.0526. The molecule has 0 aliphatic heterocycles. The Morgan fingerprint density at radius 1 is 1.04 bits per heavy atom. The van der Waals surface area contributed by atoms with Crippen LogP contribution in [0.4, 0.5) is 5.95 Å². The lowest BCUT2D eigenvalue weighted by Gasteiger charge is -2.03. The molecule has 0 bridgehead atoms. The summed E-state index contributed by atoms with van der Waals surface area (Å²) < 4.78 is 3.71. The standard InChI is InChI=1S/C19H14N6OS/c26-17(21-18-23-22-16-8-4-5-9-24(16)18)10-14-12-27-19-20-15(11-25(14)19)13-6-2-1-3-7-13/h1-9,11-12H,10H2,(H,21,23,26). The summed E-state index contributed by atoms with van der Waals surface area (Å²) >= 11 is 1.52. The fourth-order valence-corrected chi connectivity index (χ4v) is 3.84. The second-order valence-corrected chi connectivity index (χ2v) is 6.89. The van der Waals surface area contributed by atoms with E-state index in [0.717, 1.165) is 21.9 Å². The number of pyridine rings is 1. The van der Waals surface area contributed by atoms with Crippen LogP contribution in [0.5, 0.6) is 0 Å². The van der Waals surface area contributed by atoms with Crippen LogP contribution in [-0.2, 0) is 11.2 Å². The molecule has 0 saturated heterocycles. The Kier molecular flexibility index (Phi) is 3.68. The van der Waals surface area contributed by atoms with Crippen LogP contribution in [0.2, 0.25) is 0 Å². The van der Waals surface area contributed by atoms with E-state index in [1.165, 1.54) is 11.3 Å². The van der Waals surface area contributed by atoms with Gasteiger partial charge in [0.05, 0.1) is 12.1 Å². The number of imidazole rings is 1. The van der Waals surface area contributed by atoms with E-state index in [0.29, 0.717) is 11.6 Å². The van der Waals surface area contributed by atoms with E-state index in [1.807, 2.05) is 70.7 Å². The van der Waals surface area contributed by atoms with Crippen LogP contribution >= 0.6 is 11.3 Å². The van der Waals surface area contributed by atoms with Crippen molar-refractivity contribution < 1.29 is 4.79 Å². The number of nitrogens with one attached hydrogen (secondary N) is 1. The summed E-state index contributed by atoms with van der Waals surface area (Å²) in [5, 5.41) is 12.9. The molecule has 0 spiro atoms. The molecule has 0 atom stereocenters. The first-order valence-electron chi connectivity index (χ1n) is 8.38. The molecule has 1 N–H and O–H groups in total. The van der Waals surface area contributed by atoms with E-state index >= 15 is 0 Å². The highest BCUT2D eigenvalue weighted by Gasteiger charge is 2.14. The normalized spacial score (nSPS) is 11.3. The monoisotopic (exact) mass is 374 g/mol. The molecule has 5 rings (SSSR count). The van der Waals surface area contributed by atoms with Crippen LogP contribution < -0.4 is 5.32 Å². The quantitative estimate of drug-likeness (QED) is 0.524. The molecule has 4 aromatic heterocycles. The first-order valence-corrected chi connectivity index (χ1v) is 9.26. The van der Waals surface area contributed by atoms with Crippen molar-refractivity contribution in [1.82, 2.24) is 24.0 Å². The lowest BCUT2D eigenvalue weighted by molar-refractivity contribution is -0.115. The number of amides is 1. The first-order chi connectivity index (χ1) is 13.3. The number of hydrogen-bond donors (Lipinski definition) is 1. The third kappa shape index (κ3) is 2.85. The van der Waals surface area contributed by atoms with Crippen molar-refractivity contribution in [3.8, 4) is 11.3 Å². The summed E-state index contributed by atoms with van der Waals surface area (Å²) in [7, 11) is 0. The Morgan fingerprint density at radius 3 is 2.78 bits per heavy atom. The van der Waals surface area contributed by atoms with E-state index in [2.05, 4.69) is 20.5 Å². The Morgan fingerprint density at radius 2 is 1.89 bits per heavy atom. The van der Waals surface area contributed by atoms with Crippen LogP contribution in [0.15, 0.2) is 66.3 Å². The topological polar surface area (TPSA) is 76.6 Å². The molecule has 0 fully saturated rings. The van der Waals surface area contributed by atoms with Gasteiger partial charge in [-0.25, -0.2) is 4.98 Å². The van der Waals surface area contributed by atoms with E-state index in [4.69, 9.17) is 0 Å². The van der Waals surface area contributed by atoms with Gasteiger partial charge in [0.1, 0.15) is 0 Å². The molecule has 0 saturated carbocycles. The minimum absolute atomic E-state index is 0.150. The van der Waals surface area contributed by atoms with Crippen LogP contribution in [0, 0.1) is 0 Å². The van der Waals surface area contributed by atoms with E-state index in [9.17, 15) is 4.79 Å². The molecule has 0 aliphatic carbocycles. The highest BCUT2D eigenvalue weighted by Crippen LogP contribution is 2.24. The molecule has 4 heterocycles. The SMILES string of the molecule is O=C(Cc1csc2nc(-c3ccccc3)cn12)Nc1nnc2ccccn12. The predicted molar refractivity (Wildman–Crippen MR) is 104 cm³/mol. The molecule has 132 valence electrons. The lowest BCUT2D eigenvalue weighted by Crippen LogP contribution is -2.17. The maximum absolute atomic E-state index is 12.5. The Hall–Kier alpha value is -3.52. The van der Waals surface area contributed by atoms with Gasteiger partial charge in [-0.05, 0) is 12.1 Å². The number of aromatic nitrogens is 5.